The smallest absolute Gasteiger partial charge is 0.328 e. The highest BCUT2D eigenvalue weighted by molar-refractivity contribution is 5.92. The van der Waals surface area contributed by atoms with Crippen LogP contribution in [0.1, 0.15) is 60.3 Å². The summed E-state index contributed by atoms with van der Waals surface area (Å²) in [5, 5.41) is 6.80. The normalized spacial score (nSPS) is 19.9. The van der Waals surface area contributed by atoms with Crippen LogP contribution in [0.15, 0.2) is 17.8 Å². The Balaban J connectivity index is 3.01. The average Bonchev–Trinajstić information content (AvgIpc) is 3.07. The van der Waals surface area contributed by atoms with Crippen molar-refractivity contribution in [1.29, 1.82) is 0 Å². The van der Waals surface area contributed by atoms with E-state index >= 15 is 0 Å². The van der Waals surface area contributed by atoms with Crippen molar-refractivity contribution in [3.8, 4) is 0 Å². The molecule has 29 heavy (non-hydrogen) atoms. The van der Waals surface area contributed by atoms with E-state index in [9.17, 15) is 14.4 Å². The summed E-state index contributed by atoms with van der Waals surface area (Å²) >= 11 is 0. The van der Waals surface area contributed by atoms with Gasteiger partial charge in [-0.15, -0.1) is 6.58 Å². The Bertz CT molecular complexity index is 635. The van der Waals surface area contributed by atoms with E-state index < -0.39 is 29.6 Å². The molecule has 1 rings (SSSR count). The topological polar surface area (TPSA) is 97.3 Å². The zero-order valence-electron chi connectivity index (χ0n) is 18.5. The van der Waals surface area contributed by atoms with Crippen LogP contribution in [0.3, 0.4) is 0 Å². The van der Waals surface area contributed by atoms with Gasteiger partial charge in [-0.25, -0.2) is 4.79 Å². The van der Waals surface area contributed by atoms with Gasteiger partial charge in [0.1, 0.15) is 18.2 Å². The highest BCUT2D eigenvalue weighted by Crippen LogP contribution is 2.28. The fourth-order valence-corrected chi connectivity index (χ4v) is 3.11. The zero-order chi connectivity index (χ0) is 22.2. The first-order valence-corrected chi connectivity index (χ1v) is 9.96. The van der Waals surface area contributed by atoms with Crippen LogP contribution in [0.4, 0.5) is 0 Å². The van der Waals surface area contributed by atoms with E-state index in [0.29, 0.717) is 19.3 Å². The van der Waals surface area contributed by atoms with Crippen LogP contribution in [-0.2, 0) is 24.0 Å². The molecule has 0 saturated carbocycles. The number of hydrogen-bond acceptors (Lipinski definition) is 6. The monoisotopic (exact) mass is 409 g/mol. The maximum Gasteiger partial charge on any atom is 0.328 e. The molecular formula is C21H35N3O5. The lowest BCUT2D eigenvalue weighted by molar-refractivity contribution is -0.153. The maximum atomic E-state index is 13.4. The Morgan fingerprint density at radius 2 is 1.97 bits per heavy atom. The molecule has 164 valence electrons. The number of esters is 1. The molecule has 8 heteroatoms. The summed E-state index contributed by atoms with van der Waals surface area (Å²) in [7, 11) is 1.29. The first kappa shape index (κ1) is 24.7. The van der Waals surface area contributed by atoms with Gasteiger partial charge >= 0.3 is 5.97 Å². The second kappa shape index (κ2) is 11.0. The van der Waals surface area contributed by atoms with Crippen molar-refractivity contribution < 1.29 is 24.0 Å². The second-order valence-electron chi connectivity index (χ2n) is 8.58. The Labute approximate surface area is 173 Å². The minimum Gasteiger partial charge on any atom is -0.467 e. The van der Waals surface area contributed by atoms with Gasteiger partial charge in [0.2, 0.25) is 11.8 Å². The van der Waals surface area contributed by atoms with Crippen LogP contribution >= 0.6 is 0 Å². The number of amides is 2. The number of oxime groups is 1. The molecule has 0 unspecified atom stereocenters. The highest BCUT2D eigenvalue weighted by atomic mass is 16.6. The van der Waals surface area contributed by atoms with Crippen LogP contribution in [0.5, 0.6) is 0 Å². The summed E-state index contributed by atoms with van der Waals surface area (Å²) in [5.41, 5.74) is 0.201. The van der Waals surface area contributed by atoms with Gasteiger partial charge in [-0.05, 0) is 32.1 Å². The lowest BCUT2D eigenvalue weighted by Crippen LogP contribution is -2.56. The van der Waals surface area contributed by atoms with Crippen molar-refractivity contribution in [3.63, 3.8) is 0 Å². The van der Waals surface area contributed by atoms with Gasteiger partial charge in [0, 0.05) is 12.8 Å². The Kier molecular flexibility index (Phi) is 9.33. The molecular weight excluding hydrogens is 374 g/mol. The van der Waals surface area contributed by atoms with Gasteiger partial charge in [0.05, 0.1) is 19.4 Å². The molecule has 0 aromatic carbocycles. The molecule has 0 aliphatic carbocycles. The molecule has 0 radical (unpaired) electrons. The molecule has 1 N–H and O–H groups in total. The molecule has 1 fully saturated rings. The first-order valence-electron chi connectivity index (χ1n) is 9.96. The zero-order valence-corrected chi connectivity index (χ0v) is 18.5. The van der Waals surface area contributed by atoms with Crippen molar-refractivity contribution in [1.82, 2.24) is 10.2 Å². The van der Waals surface area contributed by atoms with Gasteiger partial charge in [-0.1, -0.05) is 32.0 Å². The van der Waals surface area contributed by atoms with Crippen molar-refractivity contribution in [2.24, 2.45) is 10.6 Å². The third kappa shape index (κ3) is 7.51. The number of hydrogen-bond donors (Lipinski definition) is 1. The third-order valence-electron chi connectivity index (χ3n) is 4.63. The van der Waals surface area contributed by atoms with E-state index in [1.54, 1.807) is 19.9 Å². The molecule has 0 aromatic heterocycles. The number of ether oxygens (including phenoxy) is 1. The average molecular weight is 410 g/mol. The van der Waals surface area contributed by atoms with E-state index in [0.717, 1.165) is 12.1 Å². The summed E-state index contributed by atoms with van der Waals surface area (Å²) in [4.78, 5) is 44.9. The Hall–Kier alpha value is -2.38. The minimum absolute atomic E-state index is 0.201. The van der Waals surface area contributed by atoms with E-state index in [2.05, 4.69) is 17.1 Å². The van der Waals surface area contributed by atoms with E-state index in [1.807, 2.05) is 20.8 Å². The van der Waals surface area contributed by atoms with Crippen molar-refractivity contribution in [2.75, 3.05) is 13.7 Å². The number of unbranched alkanes of at least 4 members (excludes halogenated alkanes) is 1. The Morgan fingerprint density at radius 1 is 1.31 bits per heavy atom. The van der Waals surface area contributed by atoms with Gasteiger partial charge in [-0.2, -0.15) is 0 Å². The molecule has 8 nitrogen and oxygen atoms in total. The summed E-state index contributed by atoms with van der Waals surface area (Å²) in [6, 6.07) is -1.55. The molecule has 2 amide bonds. The maximum absolute atomic E-state index is 13.4. The minimum atomic E-state index is -0.777. The summed E-state index contributed by atoms with van der Waals surface area (Å²) in [6.07, 6.45) is 3.34. The summed E-state index contributed by atoms with van der Waals surface area (Å²) in [6.45, 7) is 13.1. The summed E-state index contributed by atoms with van der Waals surface area (Å²) < 4.78 is 4.88. The van der Waals surface area contributed by atoms with E-state index in [4.69, 9.17) is 9.57 Å². The number of nitrogens with zero attached hydrogens (tertiary/aromatic N) is 2. The molecule has 1 aliphatic rings. The van der Waals surface area contributed by atoms with Gasteiger partial charge in [0.15, 0.2) is 0 Å². The SMILES string of the molecule is C=CCCCC(=O)N[C@H](C(=O)N1C[C@H](ON=C(C)C)C[C@H]1C(=O)OC)C(C)(C)C. The lowest BCUT2D eigenvalue weighted by atomic mass is 9.85. The molecule has 1 aliphatic heterocycles. The van der Waals surface area contributed by atoms with Gasteiger partial charge in [0.25, 0.3) is 0 Å². The predicted molar refractivity (Wildman–Crippen MR) is 111 cm³/mol. The molecule has 0 bridgehead atoms. The number of allylic oxidation sites excluding steroid dienone is 1. The van der Waals surface area contributed by atoms with Crippen molar-refractivity contribution in [2.45, 2.75) is 78.5 Å². The van der Waals surface area contributed by atoms with Gasteiger partial charge < -0.3 is 19.8 Å². The molecule has 3 atom stereocenters. The number of nitrogens with one attached hydrogen (secondary N) is 1. The van der Waals surface area contributed by atoms with Crippen molar-refractivity contribution in [3.05, 3.63) is 12.7 Å². The summed E-state index contributed by atoms with van der Waals surface area (Å²) in [5.74, 6) is -1.03. The van der Waals surface area contributed by atoms with Crippen LogP contribution < -0.4 is 5.32 Å². The molecule has 1 saturated heterocycles. The molecule has 0 spiro atoms. The second-order valence-corrected chi connectivity index (χ2v) is 8.58. The largest absolute Gasteiger partial charge is 0.467 e. The number of carbonyl (C=O) groups excluding carboxylic acids is 3. The predicted octanol–water partition coefficient (Wildman–Crippen LogP) is 2.43. The van der Waals surface area contributed by atoms with E-state index in [-0.39, 0.29) is 18.4 Å². The van der Waals surface area contributed by atoms with Gasteiger partial charge in [-0.3, -0.25) is 9.59 Å². The Morgan fingerprint density at radius 3 is 2.48 bits per heavy atom. The fourth-order valence-electron chi connectivity index (χ4n) is 3.11. The number of likely N-dealkylation sites (tertiary alicyclic amines) is 1. The van der Waals surface area contributed by atoms with Crippen molar-refractivity contribution >= 4 is 23.5 Å². The van der Waals surface area contributed by atoms with Crippen LogP contribution in [0, 0.1) is 5.41 Å². The standard InChI is InChI=1S/C21H35N3O5/c1-8-9-10-11-17(25)22-18(21(4,5)6)19(26)24-13-15(29-23-14(2)3)12-16(24)20(27)28-7/h8,15-16,18H,1,9-13H2,2-7H3,(H,22,25)/t15-,16+,18-/m1/s1. The molecule has 1 heterocycles. The first-order chi connectivity index (χ1) is 13.5. The van der Waals surface area contributed by atoms with Crippen LogP contribution in [0.2, 0.25) is 0 Å². The van der Waals surface area contributed by atoms with E-state index in [1.165, 1.54) is 12.0 Å². The third-order valence-corrected chi connectivity index (χ3v) is 4.63. The number of methoxy groups -OCH3 is 1. The van der Waals surface area contributed by atoms with Crippen LogP contribution in [-0.4, -0.2) is 60.2 Å². The number of rotatable bonds is 9. The quantitative estimate of drug-likeness (QED) is 0.207. The lowest BCUT2D eigenvalue weighted by Gasteiger charge is -2.35. The number of carbonyl (C=O) groups is 3. The van der Waals surface area contributed by atoms with Crippen LogP contribution in [0.25, 0.3) is 0 Å². The molecule has 0 aromatic rings. The fraction of sp³-hybridized carbons (Fsp3) is 0.714. The highest BCUT2D eigenvalue weighted by Gasteiger charge is 2.46.